The maximum absolute atomic E-state index is 11.2. The van der Waals surface area contributed by atoms with Gasteiger partial charge in [0.2, 0.25) is 0 Å². The van der Waals surface area contributed by atoms with E-state index >= 15 is 0 Å². The van der Waals surface area contributed by atoms with Crippen molar-refractivity contribution in [2.24, 2.45) is 5.41 Å². The first kappa shape index (κ1) is 13.3. The van der Waals surface area contributed by atoms with Crippen LogP contribution in [0.3, 0.4) is 0 Å². The Hall–Kier alpha value is -1.79. The summed E-state index contributed by atoms with van der Waals surface area (Å²) < 4.78 is 4.40. The lowest BCUT2D eigenvalue weighted by atomic mass is 10.1. The van der Waals surface area contributed by atoms with E-state index in [1.54, 1.807) is 0 Å². The second kappa shape index (κ2) is 5.51. The molecule has 1 fully saturated rings. The van der Waals surface area contributed by atoms with Crippen LogP contribution < -0.4 is 10.6 Å². The van der Waals surface area contributed by atoms with Crippen LogP contribution in [0.4, 0.5) is 4.79 Å². The Kier molecular flexibility index (Phi) is 4.30. The molecule has 0 atom stereocenters. The third kappa shape index (κ3) is 3.93. The number of carboxylic acid groups (broad SMARTS) is 1. The smallest absolute Gasteiger partial charge is 0.314 e. The third-order valence-corrected chi connectivity index (χ3v) is 2.74. The summed E-state index contributed by atoms with van der Waals surface area (Å²) in [5.41, 5.74) is -0.778. The number of carboxylic acids is 1. The van der Waals surface area contributed by atoms with Gasteiger partial charge in [0.1, 0.15) is 0 Å². The molecule has 0 aromatic rings. The Bertz CT molecular complexity index is 325. The molecule has 0 unspecified atom stereocenters. The van der Waals surface area contributed by atoms with Crippen LogP contribution in [0.5, 0.6) is 0 Å². The number of rotatable bonds is 6. The topological polar surface area (TPSA) is 105 Å². The Morgan fingerprint density at radius 2 is 1.94 bits per heavy atom. The largest absolute Gasteiger partial charge is 0.481 e. The van der Waals surface area contributed by atoms with Crippen LogP contribution in [0.2, 0.25) is 0 Å². The fourth-order valence-corrected chi connectivity index (χ4v) is 1.31. The summed E-state index contributed by atoms with van der Waals surface area (Å²) in [6.07, 6.45) is 1.27. The van der Waals surface area contributed by atoms with E-state index in [-0.39, 0.29) is 19.5 Å². The average molecular weight is 244 g/mol. The van der Waals surface area contributed by atoms with Gasteiger partial charge in [-0.2, -0.15) is 0 Å². The zero-order chi connectivity index (χ0) is 12.9. The van der Waals surface area contributed by atoms with Crippen LogP contribution in [0.1, 0.15) is 19.3 Å². The van der Waals surface area contributed by atoms with Crippen molar-refractivity contribution in [1.29, 1.82) is 0 Å². The molecule has 1 saturated carbocycles. The summed E-state index contributed by atoms with van der Waals surface area (Å²) in [5.74, 6) is -1.29. The van der Waals surface area contributed by atoms with Crippen LogP contribution in [0, 0.1) is 5.41 Å². The number of amides is 2. The van der Waals surface area contributed by atoms with Crippen LogP contribution in [-0.2, 0) is 14.3 Å². The van der Waals surface area contributed by atoms with Crippen molar-refractivity contribution in [3.63, 3.8) is 0 Å². The Labute approximate surface area is 98.5 Å². The fraction of sp³-hybridized carbons (Fsp3) is 0.700. The molecule has 0 saturated heterocycles. The highest BCUT2D eigenvalue weighted by atomic mass is 16.5. The molecule has 0 aromatic carbocycles. The van der Waals surface area contributed by atoms with E-state index in [2.05, 4.69) is 15.4 Å². The second-order valence-corrected chi connectivity index (χ2v) is 4.02. The van der Waals surface area contributed by atoms with Gasteiger partial charge in [-0.25, -0.2) is 4.79 Å². The van der Waals surface area contributed by atoms with Crippen molar-refractivity contribution in [2.75, 3.05) is 20.2 Å². The molecule has 7 nitrogen and oxygen atoms in total. The molecule has 1 aliphatic rings. The minimum Gasteiger partial charge on any atom is -0.481 e. The summed E-state index contributed by atoms with van der Waals surface area (Å²) in [6, 6.07) is -0.471. The minimum absolute atomic E-state index is 0.0913. The molecule has 2 amide bonds. The Morgan fingerprint density at radius 3 is 2.41 bits per heavy atom. The van der Waals surface area contributed by atoms with E-state index in [1.807, 2.05) is 0 Å². The summed E-state index contributed by atoms with van der Waals surface area (Å²) in [5, 5.41) is 13.8. The van der Waals surface area contributed by atoms with Crippen molar-refractivity contribution >= 4 is 18.0 Å². The fourth-order valence-electron chi connectivity index (χ4n) is 1.31. The number of aliphatic carboxylic acids is 1. The van der Waals surface area contributed by atoms with E-state index in [0.717, 1.165) is 0 Å². The maximum atomic E-state index is 11.2. The molecule has 1 aliphatic carbocycles. The highest BCUT2D eigenvalue weighted by Gasteiger charge is 2.50. The van der Waals surface area contributed by atoms with Crippen molar-refractivity contribution in [3.8, 4) is 0 Å². The summed E-state index contributed by atoms with van der Waals surface area (Å²) >= 11 is 0. The van der Waals surface area contributed by atoms with Crippen LogP contribution in [0.15, 0.2) is 0 Å². The summed E-state index contributed by atoms with van der Waals surface area (Å²) in [7, 11) is 1.27. The number of hydrogen-bond acceptors (Lipinski definition) is 4. The first-order valence-electron chi connectivity index (χ1n) is 5.32. The molecule has 0 radical (unpaired) electrons. The number of carbonyl (C=O) groups excluding carboxylic acids is 2. The van der Waals surface area contributed by atoms with Crippen molar-refractivity contribution < 1.29 is 24.2 Å². The molecular weight excluding hydrogens is 228 g/mol. The van der Waals surface area contributed by atoms with Crippen molar-refractivity contribution in [2.45, 2.75) is 19.3 Å². The SMILES string of the molecule is COC(=O)CCNC(=O)NCC1(C(=O)O)CC1. The summed E-state index contributed by atoms with van der Waals surface area (Å²) in [6.45, 7) is 0.283. The number of nitrogens with one attached hydrogen (secondary N) is 2. The second-order valence-electron chi connectivity index (χ2n) is 4.02. The Morgan fingerprint density at radius 1 is 1.29 bits per heavy atom. The molecule has 0 spiro atoms. The zero-order valence-corrected chi connectivity index (χ0v) is 9.62. The van der Waals surface area contributed by atoms with Gasteiger partial charge in [-0.05, 0) is 12.8 Å². The van der Waals surface area contributed by atoms with E-state index in [4.69, 9.17) is 5.11 Å². The molecule has 0 aromatic heterocycles. The van der Waals surface area contributed by atoms with Crippen molar-refractivity contribution in [3.05, 3.63) is 0 Å². The van der Waals surface area contributed by atoms with Gasteiger partial charge in [-0.1, -0.05) is 0 Å². The first-order valence-corrected chi connectivity index (χ1v) is 5.32. The molecule has 0 bridgehead atoms. The van der Waals surface area contributed by atoms with Crippen LogP contribution >= 0.6 is 0 Å². The predicted molar refractivity (Wildman–Crippen MR) is 57.3 cm³/mol. The molecular formula is C10H16N2O5. The first-order chi connectivity index (χ1) is 8.00. The average Bonchev–Trinajstić information content (AvgIpc) is 3.07. The standard InChI is InChI=1S/C10H16N2O5/c1-17-7(13)2-5-11-9(16)12-6-10(3-4-10)8(14)15/h2-6H2,1H3,(H,14,15)(H2,11,12,16). The molecule has 7 heteroatoms. The molecule has 0 aliphatic heterocycles. The lowest BCUT2D eigenvalue weighted by Crippen LogP contribution is -2.41. The predicted octanol–water partition coefficient (Wildman–Crippen LogP) is -0.286. The number of methoxy groups -OCH3 is 1. The van der Waals surface area contributed by atoms with Gasteiger partial charge < -0.3 is 20.5 Å². The normalized spacial score (nSPS) is 15.8. The van der Waals surface area contributed by atoms with E-state index in [0.29, 0.717) is 12.8 Å². The van der Waals surface area contributed by atoms with Gasteiger partial charge in [0, 0.05) is 13.1 Å². The molecule has 1 rings (SSSR count). The quantitative estimate of drug-likeness (QED) is 0.557. The lowest BCUT2D eigenvalue weighted by molar-refractivity contribution is -0.143. The third-order valence-electron chi connectivity index (χ3n) is 2.74. The van der Waals surface area contributed by atoms with Gasteiger partial charge in [-0.3, -0.25) is 9.59 Å². The monoisotopic (exact) mass is 244 g/mol. The van der Waals surface area contributed by atoms with E-state index < -0.39 is 23.4 Å². The molecule has 0 heterocycles. The number of ether oxygens (including phenoxy) is 1. The Balaban J connectivity index is 2.14. The van der Waals surface area contributed by atoms with Gasteiger partial charge in [0.15, 0.2) is 0 Å². The van der Waals surface area contributed by atoms with Gasteiger partial charge in [0.25, 0.3) is 0 Å². The zero-order valence-electron chi connectivity index (χ0n) is 9.62. The molecule has 3 N–H and O–H groups in total. The molecule has 17 heavy (non-hydrogen) atoms. The van der Waals surface area contributed by atoms with Crippen LogP contribution in [-0.4, -0.2) is 43.3 Å². The van der Waals surface area contributed by atoms with E-state index in [1.165, 1.54) is 7.11 Å². The van der Waals surface area contributed by atoms with E-state index in [9.17, 15) is 14.4 Å². The maximum Gasteiger partial charge on any atom is 0.314 e. The highest BCUT2D eigenvalue weighted by Crippen LogP contribution is 2.45. The number of esters is 1. The van der Waals surface area contributed by atoms with Gasteiger partial charge in [-0.15, -0.1) is 0 Å². The molecule has 96 valence electrons. The van der Waals surface area contributed by atoms with Gasteiger partial charge >= 0.3 is 18.0 Å². The van der Waals surface area contributed by atoms with Gasteiger partial charge in [0.05, 0.1) is 18.9 Å². The number of hydrogen-bond donors (Lipinski definition) is 3. The number of urea groups is 1. The lowest BCUT2D eigenvalue weighted by Gasteiger charge is -2.11. The van der Waals surface area contributed by atoms with Crippen LogP contribution in [0.25, 0.3) is 0 Å². The number of carbonyl (C=O) groups is 3. The highest BCUT2D eigenvalue weighted by molar-refractivity contribution is 5.80. The summed E-state index contributed by atoms with van der Waals surface area (Å²) in [4.78, 5) is 32.8. The van der Waals surface area contributed by atoms with Crippen molar-refractivity contribution in [1.82, 2.24) is 10.6 Å². The minimum atomic E-state index is -0.882.